The number of hydrogen-bond acceptors (Lipinski definition) is 3. The van der Waals surface area contributed by atoms with Gasteiger partial charge in [-0.05, 0) is 86.0 Å². The highest BCUT2D eigenvalue weighted by Gasteiger charge is 2.46. The van der Waals surface area contributed by atoms with E-state index < -0.39 is 5.41 Å². The van der Waals surface area contributed by atoms with E-state index in [0.29, 0.717) is 5.82 Å². The molecule has 0 saturated heterocycles. The summed E-state index contributed by atoms with van der Waals surface area (Å²) in [6.07, 6.45) is 0. The van der Waals surface area contributed by atoms with Crippen molar-refractivity contribution in [1.29, 1.82) is 0 Å². The van der Waals surface area contributed by atoms with Crippen molar-refractivity contribution in [1.82, 2.24) is 9.97 Å². The van der Waals surface area contributed by atoms with Crippen LogP contribution in [0.25, 0.3) is 89.2 Å². The number of hydrogen-bond donors (Lipinski definition) is 0. The largest absolute Gasteiger partial charge is 0.456 e. The van der Waals surface area contributed by atoms with Gasteiger partial charge in [-0.1, -0.05) is 200 Å². The van der Waals surface area contributed by atoms with Crippen LogP contribution in [0.4, 0.5) is 0 Å². The van der Waals surface area contributed by atoms with Gasteiger partial charge in [-0.15, -0.1) is 0 Å². The van der Waals surface area contributed by atoms with Gasteiger partial charge >= 0.3 is 0 Å². The molecule has 0 bridgehead atoms. The molecular weight excluding hydrogens is 753 g/mol. The Morgan fingerprint density at radius 2 is 0.855 bits per heavy atom. The third-order valence-corrected chi connectivity index (χ3v) is 12.6. The van der Waals surface area contributed by atoms with E-state index in [0.717, 1.165) is 72.3 Å². The summed E-state index contributed by atoms with van der Waals surface area (Å²) in [7, 11) is 0. The van der Waals surface area contributed by atoms with Crippen molar-refractivity contribution in [3.63, 3.8) is 0 Å². The van der Waals surface area contributed by atoms with Crippen LogP contribution >= 0.6 is 0 Å². The second-order valence-corrected chi connectivity index (χ2v) is 16.0. The lowest BCUT2D eigenvalue weighted by Gasteiger charge is -2.33. The van der Waals surface area contributed by atoms with Crippen LogP contribution in [0.5, 0.6) is 0 Å². The highest BCUT2D eigenvalue weighted by Crippen LogP contribution is 2.56. The Balaban J connectivity index is 0.978. The van der Waals surface area contributed by atoms with Crippen molar-refractivity contribution in [2.45, 2.75) is 5.41 Å². The number of nitrogens with zero attached hydrogens (tertiary/aromatic N) is 2. The maximum Gasteiger partial charge on any atom is 0.160 e. The summed E-state index contributed by atoms with van der Waals surface area (Å²) in [6, 6.07) is 82.3. The van der Waals surface area contributed by atoms with Gasteiger partial charge in [-0.2, -0.15) is 0 Å². The van der Waals surface area contributed by atoms with Crippen molar-refractivity contribution < 1.29 is 4.42 Å². The molecule has 1 aliphatic carbocycles. The number of aromatic nitrogens is 2. The van der Waals surface area contributed by atoms with E-state index in [1.807, 2.05) is 30.3 Å². The summed E-state index contributed by atoms with van der Waals surface area (Å²) in [5, 5.41) is 2.26. The second kappa shape index (κ2) is 14.5. The molecule has 0 spiro atoms. The van der Waals surface area contributed by atoms with Crippen molar-refractivity contribution in [3.8, 4) is 67.3 Å². The molecule has 0 N–H and O–H groups in total. The quantitative estimate of drug-likeness (QED) is 0.161. The maximum absolute atomic E-state index is 6.23. The standard InChI is InChI=1S/C59H38N2O/c1-4-16-41(17-5-1)58-60-54(40-30-28-39(29-31-40)42-32-34-50-49-25-13-15-27-56(49)62-57(50)37-42)38-55(61-58)48-24-11-10-22-46(48)43-33-35-53-51(36-43)47-23-12-14-26-52(47)59(53,44-18-6-2-7-19-44)45-20-8-3-9-21-45/h1-38H. The van der Waals surface area contributed by atoms with Crippen LogP contribution in [-0.4, -0.2) is 9.97 Å². The topological polar surface area (TPSA) is 38.9 Å². The van der Waals surface area contributed by atoms with Gasteiger partial charge in [-0.25, -0.2) is 9.97 Å². The van der Waals surface area contributed by atoms with Gasteiger partial charge < -0.3 is 4.42 Å². The van der Waals surface area contributed by atoms with E-state index in [-0.39, 0.29) is 0 Å². The minimum Gasteiger partial charge on any atom is -0.456 e. The Bertz CT molecular complexity index is 3400. The first-order chi connectivity index (χ1) is 30.7. The molecule has 11 aromatic rings. The van der Waals surface area contributed by atoms with Crippen LogP contribution in [0.15, 0.2) is 235 Å². The Kier molecular flexibility index (Phi) is 8.39. The van der Waals surface area contributed by atoms with Crippen molar-refractivity contribution in [3.05, 3.63) is 253 Å². The van der Waals surface area contributed by atoms with Gasteiger partial charge in [0.15, 0.2) is 5.82 Å². The molecule has 1 aliphatic rings. The Hall–Kier alpha value is -8.14. The van der Waals surface area contributed by atoms with Crippen LogP contribution in [0.2, 0.25) is 0 Å². The average Bonchev–Trinajstić information content (AvgIpc) is 3.88. The van der Waals surface area contributed by atoms with Crippen LogP contribution in [0.1, 0.15) is 22.3 Å². The molecule has 3 heteroatoms. The number of para-hydroxylation sites is 1. The third-order valence-electron chi connectivity index (χ3n) is 12.6. The summed E-state index contributed by atoms with van der Waals surface area (Å²) < 4.78 is 6.23. The average molecular weight is 791 g/mol. The van der Waals surface area contributed by atoms with Crippen LogP contribution < -0.4 is 0 Å². The fraction of sp³-hybridized carbons (Fsp3) is 0.0169. The van der Waals surface area contributed by atoms with Gasteiger partial charge in [0.05, 0.1) is 16.8 Å². The first-order valence-corrected chi connectivity index (χ1v) is 21.1. The van der Waals surface area contributed by atoms with Crippen LogP contribution in [0, 0.1) is 0 Å². The lowest BCUT2D eigenvalue weighted by atomic mass is 9.67. The number of rotatable bonds is 7. The monoisotopic (exact) mass is 790 g/mol. The first-order valence-electron chi connectivity index (χ1n) is 21.1. The van der Waals surface area contributed by atoms with E-state index in [2.05, 4.69) is 200 Å². The summed E-state index contributed by atoms with van der Waals surface area (Å²) in [5.74, 6) is 0.686. The zero-order valence-corrected chi connectivity index (χ0v) is 33.7. The highest BCUT2D eigenvalue weighted by atomic mass is 16.3. The molecule has 0 radical (unpaired) electrons. The Morgan fingerprint density at radius 3 is 1.61 bits per heavy atom. The zero-order chi connectivity index (χ0) is 41.0. The fourth-order valence-electron chi connectivity index (χ4n) is 9.76. The number of fused-ring (bicyclic) bond motifs is 6. The molecule has 0 saturated carbocycles. The summed E-state index contributed by atoms with van der Waals surface area (Å²) >= 11 is 0. The lowest BCUT2D eigenvalue weighted by molar-refractivity contribution is 0.669. The molecule has 3 nitrogen and oxygen atoms in total. The molecule has 2 aromatic heterocycles. The molecule has 0 atom stereocenters. The second-order valence-electron chi connectivity index (χ2n) is 16.0. The van der Waals surface area contributed by atoms with E-state index in [9.17, 15) is 0 Å². The van der Waals surface area contributed by atoms with Crippen LogP contribution in [0.3, 0.4) is 0 Å². The Labute approximate surface area is 360 Å². The van der Waals surface area contributed by atoms with Gasteiger partial charge in [0, 0.05) is 27.5 Å². The van der Waals surface area contributed by atoms with Crippen molar-refractivity contribution >= 4 is 21.9 Å². The lowest BCUT2D eigenvalue weighted by Crippen LogP contribution is -2.28. The van der Waals surface area contributed by atoms with Gasteiger partial charge in [0.1, 0.15) is 11.2 Å². The number of benzene rings is 9. The van der Waals surface area contributed by atoms with Crippen molar-refractivity contribution in [2.24, 2.45) is 0 Å². The predicted molar refractivity (Wildman–Crippen MR) is 254 cm³/mol. The first kappa shape index (κ1) is 35.8. The molecule has 0 fully saturated rings. The summed E-state index contributed by atoms with van der Waals surface area (Å²) in [5.41, 5.74) is 18.2. The zero-order valence-electron chi connectivity index (χ0n) is 33.7. The van der Waals surface area contributed by atoms with Gasteiger partial charge in [0.2, 0.25) is 0 Å². The van der Waals surface area contributed by atoms with E-state index in [1.54, 1.807) is 0 Å². The fourth-order valence-corrected chi connectivity index (χ4v) is 9.76. The smallest absolute Gasteiger partial charge is 0.160 e. The molecule has 290 valence electrons. The molecule has 0 amide bonds. The minimum atomic E-state index is -0.450. The SMILES string of the molecule is c1ccc(-c2nc(-c3ccc(-c4ccc5c(c4)oc4ccccc45)cc3)cc(-c3ccccc3-c3ccc4c(c3)-c3ccccc3C4(c3ccccc3)c3ccccc3)n2)cc1. The molecule has 0 aliphatic heterocycles. The molecule has 12 rings (SSSR count). The predicted octanol–water partition coefficient (Wildman–Crippen LogP) is 15.1. The minimum absolute atomic E-state index is 0.450. The molecule has 2 heterocycles. The Morgan fingerprint density at radius 1 is 0.306 bits per heavy atom. The van der Waals surface area contributed by atoms with E-state index >= 15 is 0 Å². The normalized spacial score (nSPS) is 12.6. The summed E-state index contributed by atoms with van der Waals surface area (Å²) in [6.45, 7) is 0. The molecule has 0 unspecified atom stereocenters. The molecular formula is C59H38N2O. The van der Waals surface area contributed by atoms with Crippen molar-refractivity contribution in [2.75, 3.05) is 0 Å². The summed E-state index contributed by atoms with van der Waals surface area (Å²) in [4.78, 5) is 10.5. The third kappa shape index (κ3) is 5.74. The van der Waals surface area contributed by atoms with Gasteiger partial charge in [0.25, 0.3) is 0 Å². The number of furan rings is 1. The highest BCUT2D eigenvalue weighted by molar-refractivity contribution is 6.06. The maximum atomic E-state index is 6.23. The molecule has 62 heavy (non-hydrogen) atoms. The van der Waals surface area contributed by atoms with E-state index in [4.69, 9.17) is 14.4 Å². The van der Waals surface area contributed by atoms with Gasteiger partial charge in [-0.3, -0.25) is 0 Å². The molecule has 9 aromatic carbocycles. The van der Waals surface area contributed by atoms with Crippen LogP contribution in [-0.2, 0) is 5.41 Å². The van der Waals surface area contributed by atoms with E-state index in [1.165, 1.54) is 33.4 Å².